The van der Waals surface area contributed by atoms with E-state index in [1.54, 1.807) is 0 Å². The molecule has 3 aliphatic carbocycles. The first kappa shape index (κ1) is 26.5. The fourth-order valence-electron chi connectivity index (χ4n) is 8.59. The zero-order valence-electron chi connectivity index (χ0n) is 26.4. The standard InChI is InChI=1S/C45H32N2/c1-45(2)43-36-25-29(28-13-5-3-6-14-28)21-23-33(36)42(37(43)27-39-44(45)34-18-9-11-19-38(34)46-39)30-22-24-41-35(26-30)32-17-10-12-20-40(32)47(41)31-15-7-4-8-16-31/h3-27,29H,1-2H3. The van der Waals surface area contributed by atoms with Crippen molar-refractivity contribution < 1.29 is 0 Å². The van der Waals surface area contributed by atoms with Gasteiger partial charge in [0.15, 0.2) is 0 Å². The predicted molar refractivity (Wildman–Crippen MR) is 194 cm³/mol. The molecule has 0 amide bonds. The van der Waals surface area contributed by atoms with Crippen molar-refractivity contribution in [1.29, 1.82) is 0 Å². The second-order valence-electron chi connectivity index (χ2n) is 13.5. The van der Waals surface area contributed by atoms with Gasteiger partial charge in [0.25, 0.3) is 0 Å². The van der Waals surface area contributed by atoms with Crippen molar-refractivity contribution in [3.05, 3.63) is 201 Å². The van der Waals surface area contributed by atoms with E-state index in [0.29, 0.717) is 0 Å². The first-order chi connectivity index (χ1) is 23.1. The Labute approximate surface area is 274 Å². The largest absolute Gasteiger partial charge is 0.309 e. The molecule has 1 unspecified atom stereocenters. The van der Waals surface area contributed by atoms with Crippen molar-refractivity contribution in [1.82, 2.24) is 4.57 Å². The summed E-state index contributed by atoms with van der Waals surface area (Å²) >= 11 is 0. The lowest BCUT2D eigenvalue weighted by Crippen LogP contribution is -2.30. The van der Waals surface area contributed by atoms with Crippen molar-refractivity contribution in [3.8, 4) is 5.69 Å². The SMILES string of the molecule is CC1(C)C2=C(C=C3N=c4ccccc4=C31)C(c1ccc3c(c1)c1ccccc1n3-c1ccccc1)=C1C=CC(c3ccccc3)C=C12. The fourth-order valence-corrected chi connectivity index (χ4v) is 8.59. The first-order valence-corrected chi connectivity index (χ1v) is 16.5. The molecule has 1 atom stereocenters. The Morgan fingerprint density at radius 2 is 1.38 bits per heavy atom. The van der Waals surface area contributed by atoms with Crippen LogP contribution in [0.2, 0.25) is 0 Å². The van der Waals surface area contributed by atoms with E-state index in [0.717, 1.165) is 11.1 Å². The molecular weight excluding hydrogens is 569 g/mol. The van der Waals surface area contributed by atoms with Gasteiger partial charge in [0.05, 0.1) is 22.1 Å². The molecule has 10 rings (SSSR count). The van der Waals surface area contributed by atoms with E-state index in [2.05, 4.69) is 170 Å². The summed E-state index contributed by atoms with van der Waals surface area (Å²) in [5.74, 6) is 0.223. The minimum absolute atomic E-state index is 0.223. The van der Waals surface area contributed by atoms with Crippen LogP contribution in [0.1, 0.15) is 30.9 Å². The highest BCUT2D eigenvalue weighted by atomic mass is 15.0. The molecule has 4 aliphatic rings. The maximum absolute atomic E-state index is 5.19. The van der Waals surface area contributed by atoms with Gasteiger partial charge < -0.3 is 4.57 Å². The number of rotatable bonds is 3. The van der Waals surface area contributed by atoms with Gasteiger partial charge in [-0.05, 0) is 87.0 Å². The van der Waals surface area contributed by atoms with Crippen molar-refractivity contribution in [2.45, 2.75) is 19.8 Å². The van der Waals surface area contributed by atoms with E-state index in [9.17, 15) is 0 Å². The minimum Gasteiger partial charge on any atom is -0.309 e. The summed E-state index contributed by atoms with van der Waals surface area (Å²) < 4.78 is 2.39. The Bertz CT molecular complexity index is 2620. The van der Waals surface area contributed by atoms with E-state index in [1.807, 2.05) is 0 Å². The second kappa shape index (κ2) is 9.64. The highest BCUT2D eigenvalue weighted by Crippen LogP contribution is 2.59. The summed E-state index contributed by atoms with van der Waals surface area (Å²) in [5, 5.41) is 4.87. The second-order valence-corrected chi connectivity index (χ2v) is 13.5. The van der Waals surface area contributed by atoms with E-state index in [1.165, 1.54) is 77.3 Å². The fraction of sp³-hybridized carbons (Fsp3) is 0.0889. The zero-order chi connectivity index (χ0) is 31.3. The van der Waals surface area contributed by atoms with Crippen molar-refractivity contribution in [2.24, 2.45) is 10.4 Å². The quantitative estimate of drug-likeness (QED) is 0.193. The molecule has 0 bridgehead atoms. The number of aromatic nitrogens is 1. The molecule has 1 aromatic heterocycles. The third kappa shape index (κ3) is 3.70. The van der Waals surface area contributed by atoms with Gasteiger partial charge in [-0.2, -0.15) is 0 Å². The van der Waals surface area contributed by atoms with Gasteiger partial charge in [0, 0.05) is 33.0 Å². The molecule has 0 N–H and O–H groups in total. The molecule has 0 radical (unpaired) electrons. The normalized spacial score (nSPS) is 18.9. The zero-order valence-corrected chi connectivity index (χ0v) is 26.4. The van der Waals surface area contributed by atoms with E-state index >= 15 is 0 Å². The number of allylic oxidation sites excluding steroid dienone is 10. The summed E-state index contributed by atoms with van der Waals surface area (Å²) in [6, 6.07) is 46.1. The average Bonchev–Trinajstić information content (AvgIpc) is 3.76. The van der Waals surface area contributed by atoms with E-state index in [4.69, 9.17) is 4.99 Å². The van der Waals surface area contributed by atoms with Gasteiger partial charge in [0.2, 0.25) is 0 Å². The molecule has 0 spiro atoms. The summed E-state index contributed by atoms with van der Waals surface area (Å²) in [6.45, 7) is 4.80. The van der Waals surface area contributed by atoms with Crippen LogP contribution in [0, 0.1) is 5.41 Å². The molecule has 0 fully saturated rings. The van der Waals surface area contributed by atoms with Gasteiger partial charge in [-0.25, -0.2) is 4.99 Å². The van der Waals surface area contributed by atoms with Crippen LogP contribution in [-0.4, -0.2) is 4.57 Å². The van der Waals surface area contributed by atoms with Crippen LogP contribution in [0.3, 0.4) is 0 Å². The smallest absolute Gasteiger partial charge is 0.0713 e. The summed E-state index contributed by atoms with van der Waals surface area (Å²) in [4.78, 5) is 5.19. The Morgan fingerprint density at radius 1 is 0.660 bits per heavy atom. The maximum Gasteiger partial charge on any atom is 0.0713 e. The molecule has 1 aliphatic heterocycles. The van der Waals surface area contributed by atoms with E-state index in [-0.39, 0.29) is 11.3 Å². The lowest BCUT2D eigenvalue weighted by atomic mass is 9.68. The molecule has 2 heterocycles. The van der Waals surface area contributed by atoms with Crippen LogP contribution < -0.4 is 10.6 Å². The Hall–Kier alpha value is -5.73. The van der Waals surface area contributed by atoms with Gasteiger partial charge in [0.1, 0.15) is 0 Å². The lowest BCUT2D eigenvalue weighted by Gasteiger charge is -2.35. The summed E-state index contributed by atoms with van der Waals surface area (Å²) in [7, 11) is 0. The van der Waals surface area contributed by atoms with Gasteiger partial charge in [-0.15, -0.1) is 0 Å². The maximum atomic E-state index is 5.19. The van der Waals surface area contributed by atoms with Crippen molar-refractivity contribution in [2.75, 3.05) is 0 Å². The van der Waals surface area contributed by atoms with Crippen LogP contribution in [0.5, 0.6) is 0 Å². The highest BCUT2D eigenvalue weighted by molar-refractivity contribution is 6.11. The third-order valence-corrected chi connectivity index (χ3v) is 10.5. The molecule has 222 valence electrons. The van der Waals surface area contributed by atoms with Crippen molar-refractivity contribution >= 4 is 33.0 Å². The molecule has 5 aromatic carbocycles. The number of hydrogen-bond acceptors (Lipinski definition) is 1. The topological polar surface area (TPSA) is 17.3 Å². The Balaban J connectivity index is 1.24. The van der Waals surface area contributed by atoms with Crippen LogP contribution in [0.4, 0.5) is 0 Å². The monoisotopic (exact) mass is 600 g/mol. The van der Waals surface area contributed by atoms with Gasteiger partial charge in [-0.3, -0.25) is 0 Å². The minimum atomic E-state index is -0.228. The third-order valence-electron chi connectivity index (χ3n) is 10.5. The Kier molecular flexibility index (Phi) is 5.43. The first-order valence-electron chi connectivity index (χ1n) is 16.5. The highest BCUT2D eigenvalue weighted by Gasteiger charge is 2.44. The lowest BCUT2D eigenvalue weighted by molar-refractivity contribution is 0.601. The average molecular weight is 601 g/mol. The molecule has 47 heavy (non-hydrogen) atoms. The molecule has 0 saturated carbocycles. The summed E-state index contributed by atoms with van der Waals surface area (Å²) in [6.07, 6.45) is 9.64. The van der Waals surface area contributed by atoms with Gasteiger partial charge in [-0.1, -0.05) is 123 Å². The summed E-state index contributed by atoms with van der Waals surface area (Å²) in [5.41, 5.74) is 15.1. The van der Waals surface area contributed by atoms with E-state index < -0.39 is 0 Å². The molecule has 6 aromatic rings. The van der Waals surface area contributed by atoms with Crippen molar-refractivity contribution in [3.63, 3.8) is 0 Å². The molecule has 2 nitrogen and oxygen atoms in total. The number of fused-ring (bicyclic) bond motifs is 7. The van der Waals surface area contributed by atoms with Crippen LogP contribution in [0.25, 0.3) is 38.6 Å². The van der Waals surface area contributed by atoms with Crippen LogP contribution in [-0.2, 0) is 0 Å². The number of nitrogens with zero attached hydrogens (tertiary/aromatic N) is 2. The number of hydrogen-bond donors (Lipinski definition) is 0. The number of benzene rings is 5. The van der Waals surface area contributed by atoms with Gasteiger partial charge >= 0.3 is 0 Å². The molecule has 0 saturated heterocycles. The Morgan fingerprint density at radius 3 is 2.23 bits per heavy atom. The van der Waals surface area contributed by atoms with Crippen LogP contribution in [0.15, 0.2) is 185 Å². The molecule has 2 heteroatoms. The predicted octanol–water partition coefficient (Wildman–Crippen LogP) is 9.54. The van der Waals surface area contributed by atoms with Crippen LogP contribution >= 0.6 is 0 Å². The number of para-hydroxylation sites is 3. The molecular formula is C45H32N2.